The van der Waals surface area contributed by atoms with Crippen molar-refractivity contribution in [1.29, 1.82) is 0 Å². The Balaban J connectivity index is 2.59. The second-order valence-electron chi connectivity index (χ2n) is 6.05. The Morgan fingerprint density at radius 1 is 1.26 bits per heavy atom. The van der Waals surface area contributed by atoms with E-state index in [1.807, 2.05) is 25.2 Å². The predicted molar refractivity (Wildman–Crippen MR) is 83.9 cm³/mol. The molecular weight excluding hydrogens is 302 g/mol. The number of nitrogens with zero attached hydrogens (tertiary/aromatic N) is 2. The average Bonchev–Trinajstić information content (AvgIpc) is 2.54. The Hall–Kier alpha value is -1.29. The number of benzene rings is 1. The minimum Gasteiger partial charge on any atom is -0.383 e. The predicted octanol–water partition coefficient (Wildman–Crippen LogP) is 4.02. The number of hydrogen-bond donors (Lipinski definition) is 1. The fraction of sp³-hybridized carbons (Fsp3) is 0.400. The first-order valence-corrected chi connectivity index (χ1v) is 7.15. The molecule has 2 aromatic rings. The quantitative estimate of drug-likeness (QED) is 0.907. The molecule has 2 rings (SSSR count). The van der Waals surface area contributed by atoms with E-state index < -0.39 is 0 Å². The van der Waals surface area contributed by atoms with Gasteiger partial charge in [0.25, 0.3) is 0 Å². The van der Waals surface area contributed by atoms with Crippen molar-refractivity contribution in [3.63, 3.8) is 0 Å². The van der Waals surface area contributed by atoms with Crippen LogP contribution < -0.4 is 5.73 Å². The lowest BCUT2D eigenvalue weighted by atomic mass is 9.88. The SMILES string of the molecule is Cn1nc(CC(C)(C)C)c(-c2ccccc2Br)c1N. The zero-order valence-electron chi connectivity index (χ0n) is 11.9. The van der Waals surface area contributed by atoms with Crippen LogP contribution in [0.25, 0.3) is 11.1 Å². The van der Waals surface area contributed by atoms with Crippen LogP contribution in [0, 0.1) is 5.41 Å². The van der Waals surface area contributed by atoms with Crippen LogP contribution in [0.1, 0.15) is 26.5 Å². The van der Waals surface area contributed by atoms with E-state index >= 15 is 0 Å². The topological polar surface area (TPSA) is 43.8 Å². The maximum atomic E-state index is 6.20. The van der Waals surface area contributed by atoms with E-state index in [-0.39, 0.29) is 5.41 Å². The number of anilines is 1. The number of aromatic nitrogens is 2. The van der Waals surface area contributed by atoms with E-state index in [1.165, 1.54) is 0 Å². The third-order valence-electron chi connectivity index (χ3n) is 3.01. The van der Waals surface area contributed by atoms with Crippen LogP contribution in [0.2, 0.25) is 0 Å². The second kappa shape index (κ2) is 5.00. The van der Waals surface area contributed by atoms with Crippen LogP contribution in [0.5, 0.6) is 0 Å². The lowest BCUT2D eigenvalue weighted by molar-refractivity contribution is 0.405. The van der Waals surface area contributed by atoms with E-state index in [1.54, 1.807) is 4.68 Å². The summed E-state index contributed by atoms with van der Waals surface area (Å²) in [7, 11) is 1.89. The van der Waals surface area contributed by atoms with Crippen LogP contribution in [0.15, 0.2) is 28.7 Å². The van der Waals surface area contributed by atoms with Gasteiger partial charge in [-0.15, -0.1) is 0 Å². The normalized spacial score (nSPS) is 11.8. The molecule has 3 nitrogen and oxygen atoms in total. The van der Waals surface area contributed by atoms with Gasteiger partial charge >= 0.3 is 0 Å². The van der Waals surface area contributed by atoms with Gasteiger partial charge in [0.15, 0.2) is 0 Å². The van der Waals surface area contributed by atoms with Crippen molar-refractivity contribution in [2.75, 3.05) is 5.73 Å². The van der Waals surface area contributed by atoms with Crippen LogP contribution in [-0.4, -0.2) is 9.78 Å². The van der Waals surface area contributed by atoms with E-state index in [9.17, 15) is 0 Å². The smallest absolute Gasteiger partial charge is 0.129 e. The number of nitrogens with two attached hydrogens (primary N) is 1. The molecular formula is C15H20BrN3. The highest BCUT2D eigenvalue weighted by Gasteiger charge is 2.22. The third-order valence-corrected chi connectivity index (χ3v) is 3.70. The number of halogens is 1. The first-order valence-electron chi connectivity index (χ1n) is 6.36. The van der Waals surface area contributed by atoms with Crippen molar-refractivity contribution in [1.82, 2.24) is 9.78 Å². The maximum absolute atomic E-state index is 6.20. The molecule has 0 aliphatic rings. The van der Waals surface area contributed by atoms with Crippen molar-refractivity contribution in [3.8, 4) is 11.1 Å². The zero-order valence-corrected chi connectivity index (χ0v) is 13.5. The molecule has 0 saturated heterocycles. The maximum Gasteiger partial charge on any atom is 0.129 e. The lowest BCUT2D eigenvalue weighted by Gasteiger charge is -2.17. The molecule has 19 heavy (non-hydrogen) atoms. The van der Waals surface area contributed by atoms with Gasteiger partial charge in [0, 0.05) is 22.6 Å². The van der Waals surface area contributed by atoms with Crippen LogP contribution in [0.4, 0.5) is 5.82 Å². The lowest BCUT2D eigenvalue weighted by Crippen LogP contribution is -2.10. The van der Waals surface area contributed by atoms with Gasteiger partial charge in [-0.05, 0) is 17.9 Å². The molecule has 1 aromatic heterocycles. The zero-order chi connectivity index (χ0) is 14.2. The Morgan fingerprint density at radius 3 is 2.47 bits per heavy atom. The molecule has 0 amide bonds. The number of rotatable bonds is 2. The van der Waals surface area contributed by atoms with Crippen molar-refractivity contribution in [2.45, 2.75) is 27.2 Å². The summed E-state index contributed by atoms with van der Waals surface area (Å²) in [5.41, 5.74) is 9.59. The van der Waals surface area contributed by atoms with Gasteiger partial charge in [-0.25, -0.2) is 0 Å². The minimum absolute atomic E-state index is 0.177. The van der Waals surface area contributed by atoms with Gasteiger partial charge in [0.05, 0.1) is 5.69 Å². The Labute approximate surface area is 122 Å². The fourth-order valence-electron chi connectivity index (χ4n) is 2.18. The summed E-state index contributed by atoms with van der Waals surface area (Å²) in [6.45, 7) is 6.63. The summed E-state index contributed by atoms with van der Waals surface area (Å²) in [6, 6.07) is 8.13. The van der Waals surface area contributed by atoms with Crippen LogP contribution in [0.3, 0.4) is 0 Å². The van der Waals surface area contributed by atoms with Gasteiger partial charge in [-0.2, -0.15) is 5.10 Å². The van der Waals surface area contributed by atoms with E-state index in [2.05, 4.69) is 47.9 Å². The second-order valence-corrected chi connectivity index (χ2v) is 6.90. The Morgan fingerprint density at radius 2 is 1.89 bits per heavy atom. The highest BCUT2D eigenvalue weighted by molar-refractivity contribution is 9.10. The summed E-state index contributed by atoms with van der Waals surface area (Å²) < 4.78 is 2.81. The van der Waals surface area contributed by atoms with Gasteiger partial charge in [0.1, 0.15) is 5.82 Å². The number of hydrogen-bond acceptors (Lipinski definition) is 2. The van der Waals surface area contributed by atoms with Gasteiger partial charge < -0.3 is 5.73 Å². The largest absolute Gasteiger partial charge is 0.383 e. The van der Waals surface area contributed by atoms with E-state index in [0.29, 0.717) is 5.82 Å². The summed E-state index contributed by atoms with van der Waals surface area (Å²) in [5.74, 6) is 0.714. The summed E-state index contributed by atoms with van der Waals surface area (Å²) in [4.78, 5) is 0. The minimum atomic E-state index is 0.177. The molecule has 2 N–H and O–H groups in total. The average molecular weight is 322 g/mol. The number of aryl methyl sites for hydroxylation is 1. The Bertz CT molecular complexity index is 594. The molecule has 0 bridgehead atoms. The number of nitrogen functional groups attached to an aromatic ring is 1. The van der Waals surface area contributed by atoms with Gasteiger partial charge in [-0.1, -0.05) is 54.9 Å². The van der Waals surface area contributed by atoms with Gasteiger partial charge in [0.2, 0.25) is 0 Å². The van der Waals surface area contributed by atoms with Gasteiger partial charge in [-0.3, -0.25) is 4.68 Å². The highest BCUT2D eigenvalue weighted by atomic mass is 79.9. The molecule has 1 aromatic carbocycles. The molecule has 1 heterocycles. The highest BCUT2D eigenvalue weighted by Crippen LogP contribution is 2.36. The first kappa shape index (κ1) is 14.1. The summed E-state index contributed by atoms with van der Waals surface area (Å²) >= 11 is 3.60. The molecule has 0 fully saturated rings. The summed E-state index contributed by atoms with van der Waals surface area (Å²) in [5, 5.41) is 4.58. The molecule has 0 unspecified atom stereocenters. The van der Waals surface area contributed by atoms with Crippen LogP contribution >= 0.6 is 15.9 Å². The molecule has 0 atom stereocenters. The van der Waals surface area contributed by atoms with Crippen molar-refractivity contribution in [2.24, 2.45) is 12.5 Å². The molecule has 0 spiro atoms. The monoisotopic (exact) mass is 321 g/mol. The Kier molecular flexibility index (Phi) is 3.72. The molecule has 0 aliphatic carbocycles. The first-order chi connectivity index (χ1) is 8.79. The molecule has 4 heteroatoms. The van der Waals surface area contributed by atoms with Crippen molar-refractivity contribution >= 4 is 21.7 Å². The van der Waals surface area contributed by atoms with Crippen molar-refractivity contribution < 1.29 is 0 Å². The van der Waals surface area contributed by atoms with E-state index in [4.69, 9.17) is 5.73 Å². The fourth-order valence-corrected chi connectivity index (χ4v) is 2.66. The molecule has 102 valence electrons. The van der Waals surface area contributed by atoms with Crippen LogP contribution in [-0.2, 0) is 13.5 Å². The molecule has 0 radical (unpaired) electrons. The van der Waals surface area contributed by atoms with Crippen molar-refractivity contribution in [3.05, 3.63) is 34.4 Å². The molecule has 0 saturated carbocycles. The molecule has 0 aliphatic heterocycles. The summed E-state index contributed by atoms with van der Waals surface area (Å²) in [6.07, 6.45) is 0.898. The third kappa shape index (κ3) is 3.00. The van der Waals surface area contributed by atoms with E-state index in [0.717, 1.165) is 27.7 Å². The standard InChI is InChI=1S/C15H20BrN3/c1-15(2,3)9-12-13(14(17)19(4)18-12)10-7-5-6-8-11(10)16/h5-8H,9,17H2,1-4H3.